The number of nitrogens with zero attached hydrogens (tertiary/aromatic N) is 3. The van der Waals surface area contributed by atoms with Crippen LogP contribution in [0.3, 0.4) is 0 Å². The molecule has 1 aliphatic carbocycles. The van der Waals surface area contributed by atoms with Crippen molar-refractivity contribution in [3.63, 3.8) is 0 Å². The first-order chi connectivity index (χ1) is 21.7. The van der Waals surface area contributed by atoms with Crippen molar-refractivity contribution in [2.75, 3.05) is 13.1 Å². The quantitative estimate of drug-likeness (QED) is 0.170. The van der Waals surface area contributed by atoms with Crippen molar-refractivity contribution >= 4 is 50.2 Å². The first-order valence-electron chi connectivity index (χ1n) is 15.1. The number of rotatable bonds is 8. The highest BCUT2D eigenvalue weighted by molar-refractivity contribution is 7.89. The Morgan fingerprint density at radius 1 is 0.800 bits per heavy atom. The van der Waals surface area contributed by atoms with Crippen LogP contribution in [0.5, 0.6) is 0 Å². The Bertz CT molecular complexity index is 1950. The molecular formula is C35H31Cl2N3O4S. The van der Waals surface area contributed by atoms with E-state index in [1.165, 1.54) is 22.5 Å². The molecule has 1 saturated carbocycles. The summed E-state index contributed by atoms with van der Waals surface area (Å²) in [6.45, 7) is 0.588. The van der Waals surface area contributed by atoms with Gasteiger partial charge in [0.2, 0.25) is 10.0 Å². The van der Waals surface area contributed by atoms with Crippen LogP contribution in [-0.4, -0.2) is 46.4 Å². The molecular weight excluding hydrogens is 629 g/mol. The van der Waals surface area contributed by atoms with Crippen molar-refractivity contribution in [3.8, 4) is 0 Å². The molecule has 4 aromatic carbocycles. The summed E-state index contributed by atoms with van der Waals surface area (Å²) in [5.74, 6) is 0.148. The SMILES string of the molecule is O=C(O)c1ccccc1S(=O)(=O)N1CCC(n2c(C3CC3)nc3ccc(C(c4ccc(Cl)cc4)c4ccc(Cl)cc4)cc32)CC1. The maximum atomic E-state index is 13.6. The monoisotopic (exact) mass is 659 g/mol. The highest BCUT2D eigenvalue weighted by Gasteiger charge is 2.36. The van der Waals surface area contributed by atoms with Crippen molar-refractivity contribution in [1.82, 2.24) is 13.9 Å². The molecule has 1 N–H and O–H groups in total. The van der Waals surface area contributed by atoms with Gasteiger partial charge in [0.05, 0.1) is 21.5 Å². The van der Waals surface area contributed by atoms with Gasteiger partial charge in [-0.2, -0.15) is 4.31 Å². The van der Waals surface area contributed by atoms with E-state index in [-0.39, 0.29) is 22.4 Å². The van der Waals surface area contributed by atoms with Gasteiger partial charge in [-0.05, 0) is 90.9 Å². The number of aromatic nitrogens is 2. The number of halogens is 2. The fourth-order valence-electron chi connectivity index (χ4n) is 6.56. The number of fused-ring (bicyclic) bond motifs is 1. The molecule has 0 atom stereocenters. The molecule has 0 spiro atoms. The number of benzene rings is 4. The highest BCUT2D eigenvalue weighted by Crippen LogP contribution is 2.44. The van der Waals surface area contributed by atoms with Gasteiger partial charge < -0.3 is 9.67 Å². The standard InChI is InChI=1S/C35H31Cl2N3O4S/c36-26-12-7-22(8-13-26)33(23-9-14-27(37)15-10-23)25-11-16-30-31(21-25)40(34(38-30)24-5-6-24)28-17-19-39(20-18-28)45(43,44)32-4-2-1-3-29(32)35(41)42/h1-4,7-16,21,24,28,33H,5-6,17-20H2,(H,41,42). The second kappa shape index (κ2) is 11.9. The summed E-state index contributed by atoms with van der Waals surface area (Å²) in [6, 6.07) is 28.2. The molecule has 2 fully saturated rings. The van der Waals surface area contributed by atoms with Gasteiger partial charge in [-0.1, -0.05) is 65.7 Å². The summed E-state index contributed by atoms with van der Waals surface area (Å²) in [7, 11) is -3.96. The molecule has 0 radical (unpaired) electrons. The lowest BCUT2D eigenvalue weighted by Gasteiger charge is -2.33. The molecule has 5 aromatic rings. The summed E-state index contributed by atoms with van der Waals surface area (Å²) in [4.78, 5) is 16.7. The van der Waals surface area contributed by atoms with Crippen molar-refractivity contribution in [3.05, 3.63) is 129 Å². The minimum Gasteiger partial charge on any atom is -0.478 e. The van der Waals surface area contributed by atoms with Gasteiger partial charge in [-0.25, -0.2) is 18.2 Å². The summed E-state index contributed by atoms with van der Waals surface area (Å²) < 4.78 is 30.9. The summed E-state index contributed by atoms with van der Waals surface area (Å²) in [5, 5.41) is 11.0. The van der Waals surface area contributed by atoms with Gasteiger partial charge in [0.25, 0.3) is 0 Å². The number of piperidine rings is 1. The van der Waals surface area contributed by atoms with Crippen molar-refractivity contribution < 1.29 is 18.3 Å². The number of carboxylic acid groups (broad SMARTS) is 1. The van der Waals surface area contributed by atoms with Crippen molar-refractivity contribution in [1.29, 1.82) is 0 Å². The zero-order valence-corrected chi connectivity index (χ0v) is 26.6. The van der Waals surface area contributed by atoms with Crippen molar-refractivity contribution in [2.45, 2.75) is 48.5 Å². The van der Waals surface area contributed by atoms with E-state index in [9.17, 15) is 18.3 Å². The third-order valence-electron chi connectivity index (χ3n) is 8.95. The smallest absolute Gasteiger partial charge is 0.337 e. The van der Waals surface area contributed by atoms with Crippen LogP contribution in [-0.2, 0) is 10.0 Å². The van der Waals surface area contributed by atoms with Gasteiger partial charge in [0.1, 0.15) is 5.82 Å². The molecule has 230 valence electrons. The third-order valence-corrected chi connectivity index (χ3v) is 11.4. The van der Waals surface area contributed by atoms with Crippen LogP contribution in [0.2, 0.25) is 10.0 Å². The average molecular weight is 661 g/mol. The minimum atomic E-state index is -3.96. The molecule has 1 aliphatic heterocycles. The van der Waals surface area contributed by atoms with E-state index in [0.29, 0.717) is 41.9 Å². The number of aromatic carboxylic acids is 1. The maximum Gasteiger partial charge on any atom is 0.337 e. The molecule has 7 rings (SSSR count). The Balaban J connectivity index is 1.25. The Kier molecular flexibility index (Phi) is 7.94. The predicted molar refractivity (Wildman–Crippen MR) is 176 cm³/mol. The molecule has 0 amide bonds. The normalized spacial score (nSPS) is 16.4. The fraction of sp³-hybridized carbons (Fsp3) is 0.257. The largest absolute Gasteiger partial charge is 0.478 e. The van der Waals surface area contributed by atoms with Gasteiger partial charge >= 0.3 is 5.97 Å². The van der Waals surface area contributed by atoms with Crippen LogP contribution in [0, 0.1) is 0 Å². The summed E-state index contributed by atoms with van der Waals surface area (Å²) in [6.07, 6.45) is 3.38. The molecule has 2 aliphatic rings. The molecule has 10 heteroatoms. The lowest BCUT2D eigenvalue weighted by molar-refractivity contribution is 0.0692. The molecule has 45 heavy (non-hydrogen) atoms. The van der Waals surface area contributed by atoms with Crippen molar-refractivity contribution in [2.24, 2.45) is 0 Å². The Labute approximate surface area is 272 Å². The Hall–Kier alpha value is -3.69. The number of imidazole rings is 1. The number of hydrogen-bond donors (Lipinski definition) is 1. The first kappa shape index (κ1) is 30.0. The third kappa shape index (κ3) is 5.76. The van der Waals surface area contributed by atoms with E-state index < -0.39 is 16.0 Å². The molecule has 0 bridgehead atoms. The second-order valence-corrected chi connectivity index (χ2v) is 14.6. The average Bonchev–Trinajstić information content (AvgIpc) is 3.83. The molecule has 1 saturated heterocycles. The van der Waals surface area contributed by atoms with E-state index >= 15 is 0 Å². The molecule has 0 unspecified atom stereocenters. The summed E-state index contributed by atoms with van der Waals surface area (Å²) in [5.41, 5.74) is 5.09. The summed E-state index contributed by atoms with van der Waals surface area (Å²) >= 11 is 12.5. The topological polar surface area (TPSA) is 92.5 Å². The van der Waals surface area contributed by atoms with E-state index in [4.69, 9.17) is 28.2 Å². The maximum absolute atomic E-state index is 13.6. The molecule has 7 nitrogen and oxygen atoms in total. The van der Waals surface area contributed by atoms with Gasteiger partial charge in [-0.15, -0.1) is 0 Å². The highest BCUT2D eigenvalue weighted by atomic mass is 35.5. The van der Waals surface area contributed by atoms with E-state index in [0.717, 1.165) is 46.4 Å². The van der Waals surface area contributed by atoms with Gasteiger partial charge in [-0.3, -0.25) is 0 Å². The first-order valence-corrected chi connectivity index (χ1v) is 17.3. The minimum absolute atomic E-state index is 0.0575. The van der Waals surface area contributed by atoms with Crippen LogP contribution in [0.15, 0.2) is 95.9 Å². The number of carbonyl (C=O) groups is 1. The van der Waals surface area contributed by atoms with Gasteiger partial charge in [0, 0.05) is 41.0 Å². The van der Waals surface area contributed by atoms with Crippen LogP contribution < -0.4 is 0 Å². The van der Waals surface area contributed by atoms with Crippen LogP contribution in [0.25, 0.3) is 11.0 Å². The van der Waals surface area contributed by atoms with Gasteiger partial charge in [0.15, 0.2) is 0 Å². The van der Waals surface area contributed by atoms with E-state index in [1.807, 2.05) is 24.3 Å². The van der Waals surface area contributed by atoms with E-state index in [1.54, 1.807) is 6.07 Å². The fourth-order valence-corrected chi connectivity index (χ4v) is 8.46. The van der Waals surface area contributed by atoms with Crippen LogP contribution in [0.1, 0.15) is 76.4 Å². The number of sulfonamides is 1. The van der Waals surface area contributed by atoms with Crippen LogP contribution >= 0.6 is 23.2 Å². The van der Waals surface area contributed by atoms with E-state index in [2.05, 4.69) is 47.0 Å². The molecule has 2 heterocycles. The van der Waals surface area contributed by atoms with Crippen LogP contribution in [0.4, 0.5) is 0 Å². The second-order valence-electron chi connectivity index (χ2n) is 11.8. The molecule has 1 aromatic heterocycles. The lowest BCUT2D eigenvalue weighted by Crippen LogP contribution is -2.39. The number of carboxylic acids is 1. The predicted octanol–water partition coefficient (Wildman–Crippen LogP) is 8.12. The zero-order valence-electron chi connectivity index (χ0n) is 24.3. The zero-order chi connectivity index (χ0) is 31.3. The Morgan fingerprint density at radius 3 is 1.96 bits per heavy atom. The Morgan fingerprint density at radius 2 is 1.38 bits per heavy atom. The lowest BCUT2D eigenvalue weighted by atomic mass is 9.85. The number of hydrogen-bond acceptors (Lipinski definition) is 4.